The summed E-state index contributed by atoms with van der Waals surface area (Å²) >= 11 is 1.52. The van der Waals surface area contributed by atoms with Crippen molar-refractivity contribution in [2.75, 3.05) is 20.6 Å². The molecule has 2 heterocycles. The molecule has 128 valence electrons. The molecule has 0 saturated carbocycles. The first-order chi connectivity index (χ1) is 11.5. The largest absolute Gasteiger partial charge is 0.330 e. The topological polar surface area (TPSA) is 36.4 Å². The summed E-state index contributed by atoms with van der Waals surface area (Å²) in [5, 5.41) is 2.79. The van der Waals surface area contributed by atoms with Crippen LogP contribution in [-0.2, 0) is 6.54 Å². The molecular formula is C18H22FN3OS. The van der Waals surface area contributed by atoms with Crippen molar-refractivity contribution in [2.24, 2.45) is 0 Å². The minimum absolute atomic E-state index is 0.00542. The second kappa shape index (κ2) is 7.40. The lowest BCUT2D eigenvalue weighted by molar-refractivity contribution is 0.0606. The van der Waals surface area contributed by atoms with Crippen LogP contribution in [0, 0.1) is 5.82 Å². The van der Waals surface area contributed by atoms with Crippen LogP contribution in [0.1, 0.15) is 46.4 Å². The van der Waals surface area contributed by atoms with Crippen LogP contribution in [0.15, 0.2) is 29.6 Å². The average molecular weight is 347 g/mol. The molecule has 1 aromatic heterocycles. The van der Waals surface area contributed by atoms with Gasteiger partial charge in [-0.2, -0.15) is 0 Å². The van der Waals surface area contributed by atoms with Crippen molar-refractivity contribution in [1.82, 2.24) is 14.8 Å². The van der Waals surface area contributed by atoms with E-state index in [1.165, 1.54) is 23.5 Å². The van der Waals surface area contributed by atoms with Gasteiger partial charge in [0.15, 0.2) is 0 Å². The molecule has 0 radical (unpaired) electrons. The number of carbonyl (C=O) groups is 1. The Labute approximate surface area is 145 Å². The standard InChI is InChI=1S/C18H22FN3OS/c1-21(2)11-17-20-15(12-24-17)18(23)22-10-4-3-5-16(22)13-6-8-14(19)9-7-13/h6-9,12,16H,3-5,10-11H2,1-2H3/t16-/m0/s1. The molecule has 1 saturated heterocycles. The van der Waals surface area contributed by atoms with Gasteiger partial charge in [-0.05, 0) is 51.1 Å². The highest BCUT2D eigenvalue weighted by atomic mass is 32.1. The quantitative estimate of drug-likeness (QED) is 0.846. The van der Waals surface area contributed by atoms with Crippen molar-refractivity contribution in [2.45, 2.75) is 31.8 Å². The Hall–Kier alpha value is -1.79. The maximum Gasteiger partial charge on any atom is 0.273 e. The van der Waals surface area contributed by atoms with Crippen molar-refractivity contribution in [3.63, 3.8) is 0 Å². The molecule has 4 nitrogen and oxygen atoms in total. The van der Waals surface area contributed by atoms with E-state index in [4.69, 9.17) is 0 Å². The van der Waals surface area contributed by atoms with Crippen LogP contribution in [0.4, 0.5) is 4.39 Å². The number of halogens is 1. The van der Waals surface area contributed by atoms with Crippen LogP contribution in [0.5, 0.6) is 0 Å². The van der Waals surface area contributed by atoms with Crippen LogP contribution in [0.2, 0.25) is 0 Å². The zero-order valence-electron chi connectivity index (χ0n) is 14.0. The minimum Gasteiger partial charge on any atom is -0.330 e. The van der Waals surface area contributed by atoms with E-state index >= 15 is 0 Å². The van der Waals surface area contributed by atoms with E-state index in [0.717, 1.165) is 42.9 Å². The van der Waals surface area contributed by atoms with Gasteiger partial charge in [-0.3, -0.25) is 4.79 Å². The number of carbonyl (C=O) groups excluding carboxylic acids is 1. The van der Waals surface area contributed by atoms with E-state index in [9.17, 15) is 9.18 Å². The predicted molar refractivity (Wildman–Crippen MR) is 93.5 cm³/mol. The van der Waals surface area contributed by atoms with Crippen LogP contribution < -0.4 is 0 Å². The summed E-state index contributed by atoms with van der Waals surface area (Å²) in [6, 6.07) is 6.49. The van der Waals surface area contributed by atoms with E-state index < -0.39 is 0 Å². The van der Waals surface area contributed by atoms with Crippen LogP contribution in [0.25, 0.3) is 0 Å². The Morgan fingerprint density at radius 3 is 2.79 bits per heavy atom. The average Bonchev–Trinajstić information content (AvgIpc) is 3.02. The summed E-state index contributed by atoms with van der Waals surface area (Å²) in [4.78, 5) is 21.4. The van der Waals surface area contributed by atoms with Gasteiger partial charge >= 0.3 is 0 Å². The molecule has 1 aliphatic rings. The highest BCUT2D eigenvalue weighted by Gasteiger charge is 2.29. The molecular weight excluding hydrogens is 325 g/mol. The number of benzene rings is 1. The SMILES string of the molecule is CN(C)Cc1nc(C(=O)N2CCCC[C@H]2c2ccc(F)cc2)cs1. The van der Waals surface area contributed by atoms with E-state index in [0.29, 0.717) is 5.69 Å². The molecule has 1 amide bonds. The number of rotatable bonds is 4. The molecule has 0 N–H and O–H groups in total. The predicted octanol–water partition coefficient (Wildman–Crippen LogP) is 3.71. The number of nitrogens with zero attached hydrogens (tertiary/aromatic N) is 3. The lowest BCUT2D eigenvalue weighted by atomic mass is 9.95. The Kier molecular flexibility index (Phi) is 5.26. The van der Waals surface area contributed by atoms with Gasteiger partial charge < -0.3 is 9.80 Å². The zero-order chi connectivity index (χ0) is 17.1. The number of amides is 1. The zero-order valence-corrected chi connectivity index (χ0v) is 14.9. The maximum absolute atomic E-state index is 13.2. The van der Waals surface area contributed by atoms with E-state index in [-0.39, 0.29) is 17.8 Å². The van der Waals surface area contributed by atoms with Gasteiger partial charge in [0.2, 0.25) is 0 Å². The number of hydrogen-bond acceptors (Lipinski definition) is 4. The normalized spacial score (nSPS) is 18.2. The molecule has 0 unspecified atom stereocenters. The van der Waals surface area contributed by atoms with E-state index in [1.54, 1.807) is 12.1 Å². The molecule has 1 fully saturated rings. The summed E-state index contributed by atoms with van der Waals surface area (Å²) in [5.74, 6) is -0.273. The lowest BCUT2D eigenvalue weighted by Crippen LogP contribution is -2.38. The molecule has 1 aromatic carbocycles. The third kappa shape index (κ3) is 3.82. The van der Waals surface area contributed by atoms with Gasteiger partial charge in [0.1, 0.15) is 16.5 Å². The monoisotopic (exact) mass is 347 g/mol. The van der Waals surface area contributed by atoms with Crippen LogP contribution >= 0.6 is 11.3 Å². The molecule has 1 atom stereocenters. The second-order valence-electron chi connectivity index (χ2n) is 6.43. The highest BCUT2D eigenvalue weighted by molar-refractivity contribution is 7.09. The fourth-order valence-electron chi connectivity index (χ4n) is 3.11. The van der Waals surface area contributed by atoms with Crippen molar-refractivity contribution in [1.29, 1.82) is 0 Å². The van der Waals surface area contributed by atoms with Crippen molar-refractivity contribution >= 4 is 17.2 Å². The first kappa shape index (κ1) is 17.0. The van der Waals surface area contributed by atoms with Gasteiger partial charge in [0.25, 0.3) is 5.91 Å². The molecule has 2 aromatic rings. The van der Waals surface area contributed by atoms with Gasteiger partial charge in [0.05, 0.1) is 6.04 Å². The summed E-state index contributed by atoms with van der Waals surface area (Å²) in [6.07, 6.45) is 2.99. The molecule has 0 spiro atoms. The Balaban J connectivity index is 1.80. The van der Waals surface area contributed by atoms with Crippen molar-refractivity contribution in [3.05, 3.63) is 51.7 Å². The Bertz CT molecular complexity index is 699. The molecule has 0 aliphatic carbocycles. The van der Waals surface area contributed by atoms with Crippen LogP contribution in [0.3, 0.4) is 0 Å². The van der Waals surface area contributed by atoms with E-state index in [2.05, 4.69) is 4.98 Å². The summed E-state index contributed by atoms with van der Waals surface area (Å²) in [7, 11) is 3.97. The van der Waals surface area contributed by atoms with Crippen molar-refractivity contribution in [3.8, 4) is 0 Å². The van der Waals surface area contributed by atoms with E-state index in [1.807, 2.05) is 29.3 Å². The summed E-state index contributed by atoms with van der Waals surface area (Å²) < 4.78 is 13.2. The second-order valence-corrected chi connectivity index (χ2v) is 7.37. The lowest BCUT2D eigenvalue weighted by Gasteiger charge is -2.35. The smallest absolute Gasteiger partial charge is 0.273 e. The number of thiazole rings is 1. The maximum atomic E-state index is 13.2. The van der Waals surface area contributed by atoms with Gasteiger partial charge in [0, 0.05) is 18.5 Å². The third-order valence-electron chi connectivity index (χ3n) is 4.24. The minimum atomic E-state index is -0.250. The van der Waals surface area contributed by atoms with Gasteiger partial charge in [-0.1, -0.05) is 12.1 Å². The Morgan fingerprint density at radius 2 is 2.08 bits per heavy atom. The fraction of sp³-hybridized carbons (Fsp3) is 0.444. The summed E-state index contributed by atoms with van der Waals surface area (Å²) in [5.41, 5.74) is 1.51. The Morgan fingerprint density at radius 1 is 1.33 bits per heavy atom. The number of likely N-dealkylation sites (tertiary alicyclic amines) is 1. The number of hydrogen-bond donors (Lipinski definition) is 0. The highest BCUT2D eigenvalue weighted by Crippen LogP contribution is 2.32. The first-order valence-electron chi connectivity index (χ1n) is 8.20. The summed E-state index contributed by atoms with van der Waals surface area (Å²) in [6.45, 7) is 1.46. The molecule has 0 bridgehead atoms. The van der Waals surface area contributed by atoms with Crippen LogP contribution in [-0.4, -0.2) is 41.3 Å². The van der Waals surface area contributed by atoms with Crippen molar-refractivity contribution < 1.29 is 9.18 Å². The van der Waals surface area contributed by atoms with Gasteiger partial charge in [-0.25, -0.2) is 9.37 Å². The van der Waals surface area contributed by atoms with Gasteiger partial charge in [-0.15, -0.1) is 11.3 Å². The fourth-order valence-corrected chi connectivity index (χ4v) is 3.99. The first-order valence-corrected chi connectivity index (χ1v) is 9.08. The number of aromatic nitrogens is 1. The molecule has 6 heteroatoms. The molecule has 3 rings (SSSR count). The molecule has 24 heavy (non-hydrogen) atoms. The number of piperidine rings is 1. The third-order valence-corrected chi connectivity index (χ3v) is 5.07. The molecule has 1 aliphatic heterocycles.